The molecule has 1 aromatic carbocycles. The van der Waals surface area contributed by atoms with E-state index in [0.717, 1.165) is 24.1 Å². The summed E-state index contributed by atoms with van der Waals surface area (Å²) in [5.74, 6) is 0.526. The van der Waals surface area contributed by atoms with E-state index in [1.807, 2.05) is 24.7 Å². The Bertz CT molecular complexity index is 806. The second-order valence-electron chi connectivity index (χ2n) is 6.39. The van der Waals surface area contributed by atoms with Gasteiger partial charge in [0.2, 0.25) is 0 Å². The monoisotopic (exact) mass is 503 g/mol. The van der Waals surface area contributed by atoms with Crippen LogP contribution < -0.4 is 15.4 Å². The predicted octanol–water partition coefficient (Wildman–Crippen LogP) is 3.74. The smallest absolute Gasteiger partial charge is 0.191 e. The summed E-state index contributed by atoms with van der Waals surface area (Å²) in [6.45, 7) is 6.85. The van der Waals surface area contributed by atoms with E-state index in [1.165, 1.54) is 24.4 Å². The van der Waals surface area contributed by atoms with Gasteiger partial charge in [0.1, 0.15) is 0 Å². The number of methoxy groups -OCH3 is 1. The van der Waals surface area contributed by atoms with Gasteiger partial charge in [-0.1, -0.05) is 19.9 Å². The van der Waals surface area contributed by atoms with Crippen LogP contribution in [-0.2, 0) is 26.4 Å². The van der Waals surface area contributed by atoms with Crippen LogP contribution in [0.15, 0.2) is 23.2 Å². The molecule has 0 radical (unpaired) electrons. The summed E-state index contributed by atoms with van der Waals surface area (Å²) in [4.78, 5) is 4.29. The normalized spacial score (nSPS) is 12.3. The molecule has 2 aromatic rings. The first-order chi connectivity index (χ1) is 12.9. The van der Waals surface area contributed by atoms with Gasteiger partial charge in [-0.25, -0.2) is 4.39 Å². The van der Waals surface area contributed by atoms with Crippen LogP contribution in [0.5, 0.6) is 5.75 Å². The fourth-order valence-corrected chi connectivity index (χ4v) is 3.20. The first kappa shape index (κ1) is 24.2. The summed E-state index contributed by atoms with van der Waals surface area (Å²) in [7, 11) is 5.16. The van der Waals surface area contributed by atoms with Gasteiger partial charge < -0.3 is 15.4 Å². The molecule has 0 fully saturated rings. The standard InChI is InChI=1S/C20H30FN5O.HI/c1-7-17-15(18(8-2)26(5)25-17)12-23-20(22-4)24-13(3)14-9-10-19(27-6)16(21)11-14;/h9-11,13H,7-8,12H2,1-6H3,(H2,22,23,24);1H. The van der Waals surface area contributed by atoms with Gasteiger partial charge in [0, 0.05) is 31.9 Å². The SMILES string of the molecule is CCc1nn(C)c(CC)c1CNC(=NC)NC(C)c1ccc(OC)c(F)c1.I. The largest absolute Gasteiger partial charge is 0.494 e. The van der Waals surface area contributed by atoms with Crippen molar-refractivity contribution in [2.45, 2.75) is 46.2 Å². The van der Waals surface area contributed by atoms with Crippen LogP contribution in [-0.4, -0.2) is 29.9 Å². The molecule has 2 rings (SSSR count). The highest BCUT2D eigenvalue weighted by Crippen LogP contribution is 2.21. The Labute approximate surface area is 184 Å². The number of aliphatic imine (C=N–C) groups is 1. The molecule has 0 aliphatic rings. The highest BCUT2D eigenvalue weighted by Gasteiger charge is 2.15. The van der Waals surface area contributed by atoms with E-state index in [0.29, 0.717) is 12.5 Å². The van der Waals surface area contributed by atoms with Crippen molar-refractivity contribution < 1.29 is 9.13 Å². The number of aromatic nitrogens is 2. The van der Waals surface area contributed by atoms with Crippen molar-refractivity contribution in [1.82, 2.24) is 20.4 Å². The number of hydrogen-bond donors (Lipinski definition) is 2. The zero-order valence-corrected chi connectivity index (χ0v) is 19.8. The molecule has 0 spiro atoms. The van der Waals surface area contributed by atoms with Crippen LogP contribution in [0.2, 0.25) is 0 Å². The molecule has 0 amide bonds. The average molecular weight is 503 g/mol. The van der Waals surface area contributed by atoms with Gasteiger partial charge in [0.25, 0.3) is 0 Å². The zero-order chi connectivity index (χ0) is 20.0. The number of benzene rings is 1. The van der Waals surface area contributed by atoms with E-state index in [2.05, 4.69) is 34.6 Å². The number of ether oxygens (including phenoxy) is 1. The Morgan fingerprint density at radius 3 is 2.57 bits per heavy atom. The van der Waals surface area contributed by atoms with E-state index in [1.54, 1.807) is 13.1 Å². The molecule has 0 saturated carbocycles. The highest BCUT2D eigenvalue weighted by molar-refractivity contribution is 14.0. The number of nitrogens with zero attached hydrogens (tertiary/aromatic N) is 3. The van der Waals surface area contributed by atoms with Gasteiger partial charge in [-0.3, -0.25) is 9.67 Å². The lowest BCUT2D eigenvalue weighted by atomic mass is 10.1. The number of halogens is 2. The van der Waals surface area contributed by atoms with Crippen molar-refractivity contribution in [3.63, 3.8) is 0 Å². The molecule has 2 N–H and O–H groups in total. The number of aryl methyl sites for hydroxylation is 2. The van der Waals surface area contributed by atoms with Crippen molar-refractivity contribution >= 4 is 29.9 Å². The topological polar surface area (TPSA) is 63.5 Å². The van der Waals surface area contributed by atoms with Crippen LogP contribution in [0.4, 0.5) is 4.39 Å². The van der Waals surface area contributed by atoms with Gasteiger partial charge in [0.05, 0.1) is 18.8 Å². The van der Waals surface area contributed by atoms with E-state index >= 15 is 0 Å². The highest BCUT2D eigenvalue weighted by atomic mass is 127. The first-order valence-corrected chi connectivity index (χ1v) is 9.29. The van der Waals surface area contributed by atoms with Crippen molar-refractivity contribution in [2.24, 2.45) is 12.0 Å². The van der Waals surface area contributed by atoms with Gasteiger partial charge in [0.15, 0.2) is 17.5 Å². The number of hydrogen-bond acceptors (Lipinski definition) is 3. The van der Waals surface area contributed by atoms with E-state index < -0.39 is 0 Å². The second-order valence-corrected chi connectivity index (χ2v) is 6.39. The minimum Gasteiger partial charge on any atom is -0.494 e. The molecule has 1 heterocycles. The van der Waals surface area contributed by atoms with Gasteiger partial charge in [-0.05, 0) is 37.5 Å². The third-order valence-corrected chi connectivity index (χ3v) is 4.71. The molecule has 1 aromatic heterocycles. The Balaban J connectivity index is 0.00000392. The lowest BCUT2D eigenvalue weighted by Crippen LogP contribution is -2.38. The van der Waals surface area contributed by atoms with E-state index in [9.17, 15) is 4.39 Å². The maximum atomic E-state index is 14.0. The minimum absolute atomic E-state index is 0. The summed E-state index contributed by atoms with van der Waals surface area (Å²) < 4.78 is 20.9. The summed E-state index contributed by atoms with van der Waals surface area (Å²) in [5.41, 5.74) is 4.36. The van der Waals surface area contributed by atoms with Gasteiger partial charge >= 0.3 is 0 Å². The molecule has 0 saturated heterocycles. The number of rotatable bonds is 7. The fraction of sp³-hybridized carbons (Fsp3) is 0.500. The third-order valence-electron chi connectivity index (χ3n) is 4.71. The maximum Gasteiger partial charge on any atom is 0.191 e. The lowest BCUT2D eigenvalue weighted by Gasteiger charge is -2.19. The van der Waals surface area contributed by atoms with Crippen LogP contribution in [0.3, 0.4) is 0 Å². The third kappa shape index (κ3) is 5.59. The van der Waals surface area contributed by atoms with Crippen molar-refractivity contribution in [2.75, 3.05) is 14.2 Å². The van der Waals surface area contributed by atoms with Gasteiger partial charge in [-0.2, -0.15) is 5.10 Å². The molecule has 8 heteroatoms. The number of guanidine groups is 1. The van der Waals surface area contributed by atoms with Crippen molar-refractivity contribution in [3.05, 3.63) is 46.5 Å². The van der Waals surface area contributed by atoms with Crippen LogP contribution in [0.25, 0.3) is 0 Å². The Morgan fingerprint density at radius 1 is 1.32 bits per heavy atom. The maximum absolute atomic E-state index is 14.0. The summed E-state index contributed by atoms with van der Waals surface area (Å²) in [6.07, 6.45) is 1.81. The average Bonchev–Trinajstić information content (AvgIpc) is 2.99. The van der Waals surface area contributed by atoms with E-state index in [-0.39, 0.29) is 41.6 Å². The molecule has 156 valence electrons. The molecule has 6 nitrogen and oxygen atoms in total. The zero-order valence-electron chi connectivity index (χ0n) is 17.5. The summed E-state index contributed by atoms with van der Waals surface area (Å²) in [6, 6.07) is 4.85. The second kappa shape index (κ2) is 11.2. The molecule has 0 bridgehead atoms. The lowest BCUT2D eigenvalue weighted by molar-refractivity contribution is 0.386. The minimum atomic E-state index is -0.373. The molecule has 0 aliphatic carbocycles. The first-order valence-electron chi connectivity index (χ1n) is 9.29. The Kier molecular flexibility index (Phi) is 9.71. The van der Waals surface area contributed by atoms with Crippen LogP contribution in [0, 0.1) is 5.82 Å². The summed E-state index contributed by atoms with van der Waals surface area (Å²) in [5, 5.41) is 11.3. The summed E-state index contributed by atoms with van der Waals surface area (Å²) >= 11 is 0. The quantitative estimate of drug-likeness (QED) is 0.344. The van der Waals surface area contributed by atoms with E-state index in [4.69, 9.17) is 4.74 Å². The molecule has 1 unspecified atom stereocenters. The Hall–Kier alpha value is -1.84. The predicted molar refractivity (Wildman–Crippen MR) is 122 cm³/mol. The van der Waals surface area contributed by atoms with Crippen LogP contribution in [0.1, 0.15) is 49.3 Å². The Morgan fingerprint density at radius 2 is 2.04 bits per heavy atom. The molecule has 1 atom stereocenters. The van der Waals surface area contributed by atoms with Crippen molar-refractivity contribution in [1.29, 1.82) is 0 Å². The van der Waals surface area contributed by atoms with Crippen molar-refractivity contribution in [3.8, 4) is 5.75 Å². The van der Waals surface area contributed by atoms with Gasteiger partial charge in [-0.15, -0.1) is 24.0 Å². The molecular weight excluding hydrogens is 472 g/mol. The van der Waals surface area contributed by atoms with Crippen LogP contribution >= 0.6 is 24.0 Å². The fourth-order valence-electron chi connectivity index (χ4n) is 3.20. The molecule has 28 heavy (non-hydrogen) atoms. The molecule has 0 aliphatic heterocycles. The molecular formula is C20H31FIN5O. The number of nitrogens with one attached hydrogen (secondary N) is 2.